The van der Waals surface area contributed by atoms with Crippen LogP contribution in [0.3, 0.4) is 0 Å². The number of carbonyl (C=O) groups is 2. The zero-order valence-electron chi connectivity index (χ0n) is 14.7. The average molecular weight is 352 g/mol. The summed E-state index contributed by atoms with van der Waals surface area (Å²) in [4.78, 5) is 31.9. The Morgan fingerprint density at radius 3 is 2.62 bits per heavy atom. The molecule has 0 atom stereocenters. The summed E-state index contributed by atoms with van der Waals surface area (Å²) >= 11 is 0. The van der Waals surface area contributed by atoms with Crippen LogP contribution in [-0.4, -0.2) is 26.8 Å². The highest BCUT2D eigenvalue weighted by molar-refractivity contribution is 6.13. The molecule has 7 heteroatoms. The first-order valence-corrected chi connectivity index (χ1v) is 8.53. The van der Waals surface area contributed by atoms with Crippen LogP contribution in [0, 0.1) is 0 Å². The lowest BCUT2D eigenvalue weighted by atomic mass is 10.1. The second kappa shape index (κ2) is 7.77. The highest BCUT2D eigenvalue weighted by atomic mass is 16.5. The Morgan fingerprint density at radius 1 is 1.15 bits per heavy atom. The van der Waals surface area contributed by atoms with Crippen LogP contribution in [0.15, 0.2) is 41.2 Å². The second-order valence-electron chi connectivity index (χ2n) is 5.74. The van der Waals surface area contributed by atoms with Crippen molar-refractivity contribution in [3.05, 3.63) is 70.6 Å². The van der Waals surface area contributed by atoms with Gasteiger partial charge in [0.05, 0.1) is 12.0 Å². The van der Waals surface area contributed by atoms with Crippen molar-refractivity contribution in [1.82, 2.24) is 20.4 Å². The van der Waals surface area contributed by atoms with Gasteiger partial charge in [-0.05, 0) is 6.42 Å². The van der Waals surface area contributed by atoms with Gasteiger partial charge in [0.2, 0.25) is 5.78 Å². The predicted octanol–water partition coefficient (Wildman–Crippen LogP) is 2.68. The molecular weight excluding hydrogens is 332 g/mol. The number of carbonyl (C=O) groups excluding carboxylic acids is 2. The summed E-state index contributed by atoms with van der Waals surface area (Å²) in [7, 11) is 0. The third kappa shape index (κ3) is 3.42. The van der Waals surface area contributed by atoms with Gasteiger partial charge in [-0.25, -0.2) is 4.98 Å². The first kappa shape index (κ1) is 17.6. The first-order valence-electron chi connectivity index (χ1n) is 8.53. The van der Waals surface area contributed by atoms with Crippen molar-refractivity contribution in [2.24, 2.45) is 0 Å². The lowest BCUT2D eigenvalue weighted by molar-refractivity contribution is 0.0934. The third-order valence-corrected chi connectivity index (χ3v) is 4.15. The van der Waals surface area contributed by atoms with E-state index in [9.17, 15) is 9.59 Å². The number of aromatic amines is 1. The molecule has 0 unspecified atom stereocenters. The van der Waals surface area contributed by atoms with E-state index in [1.165, 1.54) is 6.33 Å². The number of nitrogens with zero attached hydrogens (tertiary/aromatic N) is 2. The van der Waals surface area contributed by atoms with Crippen molar-refractivity contribution < 1.29 is 14.1 Å². The van der Waals surface area contributed by atoms with Crippen LogP contribution in [0.5, 0.6) is 0 Å². The molecule has 3 aromatic rings. The Bertz CT molecular complexity index is 891. The average Bonchev–Trinajstić information content (AvgIpc) is 3.32. The van der Waals surface area contributed by atoms with Gasteiger partial charge in [-0.2, -0.15) is 0 Å². The summed E-state index contributed by atoms with van der Waals surface area (Å²) in [6.07, 6.45) is 2.76. The summed E-state index contributed by atoms with van der Waals surface area (Å²) in [6.45, 7) is 4.23. The molecule has 0 spiro atoms. The molecule has 0 saturated carbocycles. The maximum atomic E-state index is 12.6. The van der Waals surface area contributed by atoms with E-state index in [2.05, 4.69) is 20.4 Å². The van der Waals surface area contributed by atoms with E-state index in [-0.39, 0.29) is 23.7 Å². The van der Waals surface area contributed by atoms with Crippen molar-refractivity contribution in [2.75, 3.05) is 0 Å². The van der Waals surface area contributed by atoms with Crippen molar-refractivity contribution >= 4 is 11.7 Å². The van der Waals surface area contributed by atoms with Gasteiger partial charge in [0.25, 0.3) is 5.91 Å². The second-order valence-corrected chi connectivity index (χ2v) is 5.74. The molecule has 0 radical (unpaired) electrons. The van der Waals surface area contributed by atoms with Crippen LogP contribution < -0.4 is 5.32 Å². The van der Waals surface area contributed by atoms with Crippen LogP contribution in [-0.2, 0) is 19.4 Å². The minimum absolute atomic E-state index is 0.102. The van der Waals surface area contributed by atoms with E-state index in [4.69, 9.17) is 4.52 Å². The number of amides is 1. The lowest BCUT2D eigenvalue weighted by Gasteiger charge is -2.06. The molecule has 0 aliphatic heterocycles. The van der Waals surface area contributed by atoms with E-state index < -0.39 is 5.91 Å². The molecule has 0 aliphatic carbocycles. The number of nitrogens with one attached hydrogen (secondary N) is 2. The molecule has 0 aliphatic rings. The quantitative estimate of drug-likeness (QED) is 0.637. The molecule has 1 amide bonds. The number of ketones is 1. The molecule has 2 N–H and O–H groups in total. The molecule has 2 heterocycles. The maximum absolute atomic E-state index is 12.6. The van der Waals surface area contributed by atoms with E-state index >= 15 is 0 Å². The van der Waals surface area contributed by atoms with E-state index in [0.717, 1.165) is 23.4 Å². The third-order valence-electron chi connectivity index (χ3n) is 4.15. The molecular formula is C19H20N4O3. The van der Waals surface area contributed by atoms with Gasteiger partial charge in [0.1, 0.15) is 17.1 Å². The standard InChI is InChI=1S/C19H20N4O3/c1-3-14-13(15(4-2)26-23-14)10-20-19(25)17-16(21-11-22-17)18(24)12-8-6-5-7-9-12/h5-9,11H,3-4,10H2,1-2H3,(H,20,25)(H,21,22). The zero-order chi connectivity index (χ0) is 18.5. The molecule has 0 bridgehead atoms. The Labute approximate surface area is 150 Å². The fraction of sp³-hybridized carbons (Fsp3) is 0.263. The van der Waals surface area contributed by atoms with Gasteiger partial charge in [-0.3, -0.25) is 9.59 Å². The summed E-state index contributed by atoms with van der Waals surface area (Å²) in [5.41, 5.74) is 2.44. The number of benzene rings is 1. The number of aryl methyl sites for hydroxylation is 2. The van der Waals surface area contributed by atoms with Crippen molar-refractivity contribution in [1.29, 1.82) is 0 Å². The fourth-order valence-corrected chi connectivity index (χ4v) is 2.76. The monoisotopic (exact) mass is 352 g/mol. The SMILES string of the molecule is CCc1noc(CC)c1CNC(=O)c1[nH]cnc1C(=O)c1ccccc1. The highest BCUT2D eigenvalue weighted by Crippen LogP contribution is 2.16. The van der Waals surface area contributed by atoms with Gasteiger partial charge in [0.15, 0.2) is 0 Å². The lowest BCUT2D eigenvalue weighted by Crippen LogP contribution is -2.26. The maximum Gasteiger partial charge on any atom is 0.270 e. The Balaban J connectivity index is 1.77. The van der Waals surface area contributed by atoms with E-state index in [1.54, 1.807) is 24.3 Å². The molecule has 26 heavy (non-hydrogen) atoms. The van der Waals surface area contributed by atoms with Gasteiger partial charge in [-0.15, -0.1) is 0 Å². The summed E-state index contributed by atoms with van der Waals surface area (Å²) in [5.74, 6) is 0.0601. The molecule has 7 nitrogen and oxygen atoms in total. The predicted molar refractivity (Wildman–Crippen MR) is 94.9 cm³/mol. The van der Waals surface area contributed by atoms with Crippen LogP contribution >= 0.6 is 0 Å². The summed E-state index contributed by atoms with van der Waals surface area (Å²) in [5, 5.41) is 6.85. The summed E-state index contributed by atoms with van der Waals surface area (Å²) in [6, 6.07) is 8.74. The molecule has 1 aromatic carbocycles. The van der Waals surface area contributed by atoms with Crippen molar-refractivity contribution in [3.63, 3.8) is 0 Å². The van der Waals surface area contributed by atoms with Crippen molar-refractivity contribution in [3.8, 4) is 0 Å². The normalized spacial score (nSPS) is 10.7. The number of hydrogen-bond acceptors (Lipinski definition) is 5. The largest absolute Gasteiger partial charge is 0.361 e. The smallest absolute Gasteiger partial charge is 0.270 e. The topological polar surface area (TPSA) is 101 Å². The number of H-pyrrole nitrogens is 1. The number of hydrogen-bond donors (Lipinski definition) is 2. The Kier molecular flexibility index (Phi) is 5.26. The zero-order valence-corrected chi connectivity index (χ0v) is 14.7. The fourth-order valence-electron chi connectivity index (χ4n) is 2.76. The Morgan fingerprint density at radius 2 is 1.92 bits per heavy atom. The Hall–Kier alpha value is -3.22. The van der Waals surface area contributed by atoms with E-state index in [1.807, 2.05) is 19.9 Å². The van der Waals surface area contributed by atoms with Gasteiger partial charge in [0, 0.05) is 24.1 Å². The molecule has 134 valence electrons. The van der Waals surface area contributed by atoms with Crippen LogP contribution in [0.2, 0.25) is 0 Å². The molecule has 2 aromatic heterocycles. The van der Waals surface area contributed by atoms with Crippen LogP contribution in [0.4, 0.5) is 0 Å². The number of rotatable bonds is 7. The summed E-state index contributed by atoms with van der Waals surface area (Å²) < 4.78 is 5.30. The molecule has 3 rings (SSSR count). The number of imidazole rings is 1. The van der Waals surface area contributed by atoms with Gasteiger partial charge in [-0.1, -0.05) is 49.3 Å². The van der Waals surface area contributed by atoms with Crippen LogP contribution in [0.25, 0.3) is 0 Å². The number of aromatic nitrogens is 3. The van der Waals surface area contributed by atoms with Crippen LogP contribution in [0.1, 0.15) is 57.4 Å². The molecule has 0 saturated heterocycles. The minimum Gasteiger partial charge on any atom is -0.361 e. The van der Waals surface area contributed by atoms with Gasteiger partial charge >= 0.3 is 0 Å². The van der Waals surface area contributed by atoms with E-state index in [0.29, 0.717) is 12.0 Å². The van der Waals surface area contributed by atoms with Crippen molar-refractivity contribution in [2.45, 2.75) is 33.2 Å². The van der Waals surface area contributed by atoms with Gasteiger partial charge < -0.3 is 14.8 Å². The first-order chi connectivity index (χ1) is 12.7. The molecule has 0 fully saturated rings. The highest BCUT2D eigenvalue weighted by Gasteiger charge is 2.22. The minimum atomic E-state index is -0.396.